The molecule has 2 aromatic rings. The highest BCUT2D eigenvalue weighted by Gasteiger charge is 2.29. The number of nitrogens with one attached hydrogen (secondary N) is 1. The van der Waals surface area contributed by atoms with Crippen molar-refractivity contribution in [3.8, 4) is 11.1 Å². The maximum Gasteiger partial charge on any atom is 0.407 e. The summed E-state index contributed by atoms with van der Waals surface area (Å²) in [6, 6.07) is 15.3. The van der Waals surface area contributed by atoms with Gasteiger partial charge in [0.25, 0.3) is 0 Å². The van der Waals surface area contributed by atoms with E-state index in [1.165, 1.54) is 4.90 Å². The third-order valence-electron chi connectivity index (χ3n) is 5.34. The van der Waals surface area contributed by atoms with E-state index >= 15 is 0 Å². The Morgan fingerprint density at radius 1 is 1.07 bits per heavy atom. The van der Waals surface area contributed by atoms with Crippen LogP contribution in [-0.4, -0.2) is 53.7 Å². The number of nitrogens with zero attached hydrogens (tertiary/aromatic N) is 1. The topological polar surface area (TPSA) is 95.9 Å². The summed E-state index contributed by atoms with van der Waals surface area (Å²) in [4.78, 5) is 36.9. The van der Waals surface area contributed by atoms with Crippen molar-refractivity contribution in [2.45, 2.75) is 32.2 Å². The molecule has 0 bridgehead atoms. The van der Waals surface area contributed by atoms with E-state index in [0.717, 1.165) is 22.3 Å². The van der Waals surface area contributed by atoms with Crippen LogP contribution in [0.1, 0.15) is 37.3 Å². The van der Waals surface area contributed by atoms with Gasteiger partial charge < -0.3 is 20.1 Å². The molecular weight excluding hydrogens is 384 g/mol. The lowest BCUT2D eigenvalue weighted by atomic mass is 9.98. The molecule has 2 aromatic carbocycles. The van der Waals surface area contributed by atoms with Crippen LogP contribution in [-0.2, 0) is 14.3 Å². The van der Waals surface area contributed by atoms with Gasteiger partial charge in [0.05, 0.1) is 6.42 Å². The number of benzene rings is 2. The van der Waals surface area contributed by atoms with Crippen LogP contribution in [0.15, 0.2) is 48.5 Å². The van der Waals surface area contributed by atoms with E-state index in [0.29, 0.717) is 6.54 Å². The van der Waals surface area contributed by atoms with E-state index in [9.17, 15) is 14.4 Å². The normalized spacial score (nSPS) is 13.1. The van der Waals surface area contributed by atoms with E-state index in [2.05, 4.69) is 17.4 Å². The fourth-order valence-electron chi connectivity index (χ4n) is 3.81. The number of rotatable bonds is 8. The molecule has 3 rings (SSSR count). The number of alkyl carbamates (subject to hydrolysis) is 1. The number of likely N-dealkylation sites (N-methyl/N-ethyl adjacent to an activating group) is 1. The van der Waals surface area contributed by atoms with Crippen molar-refractivity contribution in [3.63, 3.8) is 0 Å². The van der Waals surface area contributed by atoms with Crippen LogP contribution in [0.3, 0.4) is 0 Å². The molecule has 1 atom stereocenters. The third-order valence-corrected chi connectivity index (χ3v) is 5.34. The van der Waals surface area contributed by atoms with Crippen molar-refractivity contribution < 1.29 is 24.2 Å². The molecular formula is C23H26N2O5. The highest BCUT2D eigenvalue weighted by atomic mass is 16.5. The number of carboxylic acid groups (broad SMARTS) is 1. The first-order chi connectivity index (χ1) is 14.4. The van der Waals surface area contributed by atoms with Crippen molar-refractivity contribution in [2.24, 2.45) is 0 Å². The van der Waals surface area contributed by atoms with Crippen molar-refractivity contribution in [1.82, 2.24) is 10.2 Å². The minimum absolute atomic E-state index is 0.0585. The summed E-state index contributed by atoms with van der Waals surface area (Å²) in [5.74, 6) is -1.37. The van der Waals surface area contributed by atoms with Crippen molar-refractivity contribution >= 4 is 18.0 Å². The average Bonchev–Trinajstić information content (AvgIpc) is 3.06. The fraction of sp³-hybridized carbons (Fsp3) is 0.348. The zero-order valence-electron chi connectivity index (χ0n) is 17.1. The maximum absolute atomic E-state index is 12.5. The van der Waals surface area contributed by atoms with Crippen LogP contribution in [0.2, 0.25) is 0 Å². The van der Waals surface area contributed by atoms with Gasteiger partial charge >= 0.3 is 12.1 Å². The Balaban J connectivity index is 1.59. The first-order valence-corrected chi connectivity index (χ1v) is 10.0. The molecule has 2 N–H and O–H groups in total. The number of fused-ring (bicyclic) bond motifs is 3. The van der Waals surface area contributed by atoms with Crippen LogP contribution in [0.25, 0.3) is 11.1 Å². The van der Waals surface area contributed by atoms with Gasteiger partial charge in [0.1, 0.15) is 12.6 Å². The molecule has 0 saturated heterocycles. The molecule has 0 fully saturated rings. The summed E-state index contributed by atoms with van der Waals surface area (Å²) in [5.41, 5.74) is 4.51. The van der Waals surface area contributed by atoms with Gasteiger partial charge in [-0.15, -0.1) is 0 Å². The molecule has 158 valence electrons. The molecule has 7 nitrogen and oxygen atoms in total. The number of amides is 2. The molecule has 0 aliphatic heterocycles. The zero-order chi connectivity index (χ0) is 21.7. The van der Waals surface area contributed by atoms with Gasteiger partial charge in [-0.3, -0.25) is 9.59 Å². The smallest absolute Gasteiger partial charge is 0.407 e. The second-order valence-electron chi connectivity index (χ2n) is 7.25. The largest absolute Gasteiger partial charge is 0.481 e. The highest BCUT2D eigenvalue weighted by Crippen LogP contribution is 2.44. The zero-order valence-corrected chi connectivity index (χ0v) is 17.1. The van der Waals surface area contributed by atoms with Crippen LogP contribution in [0, 0.1) is 0 Å². The van der Waals surface area contributed by atoms with E-state index < -0.39 is 18.1 Å². The molecule has 30 heavy (non-hydrogen) atoms. The number of hydrogen-bond donors (Lipinski definition) is 2. The molecule has 0 unspecified atom stereocenters. The summed E-state index contributed by atoms with van der Waals surface area (Å²) >= 11 is 0. The van der Waals surface area contributed by atoms with Crippen molar-refractivity contribution in [1.29, 1.82) is 0 Å². The number of carbonyl (C=O) groups is 3. The second kappa shape index (κ2) is 9.43. The van der Waals surface area contributed by atoms with E-state index in [1.807, 2.05) is 36.4 Å². The Bertz CT molecular complexity index is 897. The summed E-state index contributed by atoms with van der Waals surface area (Å²) in [5, 5.41) is 11.4. The SMILES string of the molecule is CCN(CCC(=O)O)C(=O)[C@@H](C)NC(=O)OCC1c2ccccc2-c2ccccc21. The highest BCUT2D eigenvalue weighted by molar-refractivity contribution is 5.85. The van der Waals surface area contributed by atoms with Crippen molar-refractivity contribution in [3.05, 3.63) is 59.7 Å². The van der Waals surface area contributed by atoms with E-state index in [4.69, 9.17) is 9.84 Å². The standard InChI is InChI=1S/C23H26N2O5/c1-3-25(13-12-21(26)27)22(28)15(2)24-23(29)30-14-20-18-10-6-4-8-16(18)17-9-5-7-11-19(17)20/h4-11,15,20H,3,12-14H2,1-2H3,(H,24,29)(H,26,27)/t15-/m1/s1. The minimum atomic E-state index is -0.974. The number of ether oxygens (including phenoxy) is 1. The lowest BCUT2D eigenvalue weighted by Crippen LogP contribution is -2.47. The predicted molar refractivity (Wildman–Crippen MR) is 112 cm³/mol. The fourth-order valence-corrected chi connectivity index (χ4v) is 3.81. The lowest BCUT2D eigenvalue weighted by Gasteiger charge is -2.24. The number of carbonyl (C=O) groups excluding carboxylic acids is 2. The number of hydrogen-bond acceptors (Lipinski definition) is 4. The van der Waals surface area contributed by atoms with Gasteiger partial charge in [0.2, 0.25) is 5.91 Å². The molecule has 0 aromatic heterocycles. The van der Waals surface area contributed by atoms with Crippen LogP contribution < -0.4 is 5.32 Å². The van der Waals surface area contributed by atoms with Gasteiger partial charge in [-0.1, -0.05) is 48.5 Å². The second-order valence-corrected chi connectivity index (χ2v) is 7.25. The van der Waals surface area contributed by atoms with Gasteiger partial charge in [0.15, 0.2) is 0 Å². The minimum Gasteiger partial charge on any atom is -0.481 e. The lowest BCUT2D eigenvalue weighted by molar-refractivity contribution is -0.138. The number of carboxylic acids is 1. The summed E-state index contributed by atoms with van der Waals surface area (Å²) in [7, 11) is 0. The molecule has 0 radical (unpaired) electrons. The quantitative estimate of drug-likeness (QED) is 0.697. The summed E-state index contributed by atoms with van der Waals surface area (Å²) < 4.78 is 5.46. The Labute approximate surface area is 175 Å². The first kappa shape index (κ1) is 21.4. The Morgan fingerprint density at radius 2 is 1.63 bits per heavy atom. The Morgan fingerprint density at radius 3 is 2.17 bits per heavy atom. The Kier molecular flexibility index (Phi) is 6.72. The Hall–Kier alpha value is -3.35. The number of aliphatic carboxylic acids is 1. The molecule has 0 saturated carbocycles. The van der Waals surface area contributed by atoms with Gasteiger partial charge in [-0.2, -0.15) is 0 Å². The van der Waals surface area contributed by atoms with Crippen LogP contribution in [0.4, 0.5) is 4.79 Å². The maximum atomic E-state index is 12.5. The molecule has 1 aliphatic rings. The summed E-state index contributed by atoms with van der Waals surface area (Å²) in [6.45, 7) is 3.95. The van der Waals surface area contributed by atoms with Gasteiger partial charge in [-0.25, -0.2) is 4.79 Å². The molecule has 2 amide bonds. The van der Waals surface area contributed by atoms with E-state index in [-0.39, 0.29) is 31.4 Å². The predicted octanol–water partition coefficient (Wildman–Crippen LogP) is 3.24. The van der Waals surface area contributed by atoms with Crippen LogP contribution >= 0.6 is 0 Å². The molecule has 7 heteroatoms. The molecule has 0 heterocycles. The average molecular weight is 410 g/mol. The van der Waals surface area contributed by atoms with Gasteiger partial charge in [0, 0.05) is 19.0 Å². The molecule has 1 aliphatic carbocycles. The summed E-state index contributed by atoms with van der Waals surface area (Å²) in [6.07, 6.45) is -0.816. The molecule has 0 spiro atoms. The van der Waals surface area contributed by atoms with Crippen LogP contribution in [0.5, 0.6) is 0 Å². The van der Waals surface area contributed by atoms with Crippen molar-refractivity contribution in [2.75, 3.05) is 19.7 Å². The monoisotopic (exact) mass is 410 g/mol. The first-order valence-electron chi connectivity index (χ1n) is 10.0. The van der Waals surface area contributed by atoms with E-state index in [1.54, 1.807) is 13.8 Å². The van der Waals surface area contributed by atoms with Gasteiger partial charge in [-0.05, 0) is 36.1 Å². The third kappa shape index (κ3) is 4.62.